The molecule has 6 rings (SSSR count). The maximum Gasteiger partial charge on any atom is 0.271 e. The maximum absolute atomic E-state index is 14.2. The van der Waals surface area contributed by atoms with Crippen molar-refractivity contribution in [3.8, 4) is 0 Å². The number of nitro groups is 1. The van der Waals surface area contributed by atoms with Gasteiger partial charge in [-0.2, -0.15) is 0 Å². The van der Waals surface area contributed by atoms with Gasteiger partial charge in [0.05, 0.1) is 43.1 Å². The summed E-state index contributed by atoms with van der Waals surface area (Å²) in [6.07, 6.45) is 1.07. The second kappa shape index (κ2) is 10.9. The van der Waals surface area contributed by atoms with Gasteiger partial charge in [0, 0.05) is 45.9 Å². The summed E-state index contributed by atoms with van der Waals surface area (Å²) in [6, 6.07) is 5.75. The van der Waals surface area contributed by atoms with Crippen LogP contribution in [-0.4, -0.2) is 75.1 Å². The molecule has 0 aliphatic heterocycles. The van der Waals surface area contributed by atoms with Crippen LogP contribution >= 0.6 is 15.9 Å². The van der Waals surface area contributed by atoms with Gasteiger partial charge in [-0.25, -0.2) is 0 Å². The summed E-state index contributed by atoms with van der Waals surface area (Å²) in [5.41, 5.74) is -1.05. The Balaban J connectivity index is 1.85. The van der Waals surface area contributed by atoms with Crippen LogP contribution < -0.4 is 22.2 Å². The predicted molar refractivity (Wildman–Crippen MR) is 176 cm³/mol. The summed E-state index contributed by atoms with van der Waals surface area (Å²) < 4.78 is 2.72. The Morgan fingerprint density at radius 2 is 1.25 bits per heavy atom. The van der Waals surface area contributed by atoms with E-state index in [0.29, 0.717) is 41.4 Å². The Morgan fingerprint density at radius 3 is 1.82 bits per heavy atom. The smallest absolute Gasteiger partial charge is 0.271 e. The van der Waals surface area contributed by atoms with Crippen molar-refractivity contribution in [1.29, 1.82) is 0 Å². The number of benzene rings is 3. The summed E-state index contributed by atoms with van der Waals surface area (Å²) in [6.45, 7) is 1.60. The molecule has 14 heteroatoms. The summed E-state index contributed by atoms with van der Waals surface area (Å²) in [5, 5.41) is 12.7. The van der Waals surface area contributed by atoms with Crippen LogP contribution in [0.25, 0.3) is 54.4 Å². The molecule has 0 atom stereocenters. The second-order valence-corrected chi connectivity index (χ2v) is 12.5. The molecule has 0 amide bonds. The molecule has 0 unspecified atom stereocenters. The molecule has 0 saturated carbocycles. The van der Waals surface area contributed by atoms with Crippen molar-refractivity contribution in [3.63, 3.8) is 0 Å². The number of hydrogen-bond donors (Lipinski definition) is 2. The monoisotopic (exact) mass is 663 g/mol. The Morgan fingerprint density at radius 1 is 0.727 bits per heavy atom. The molecule has 0 saturated heterocycles. The van der Waals surface area contributed by atoms with E-state index in [2.05, 4.69) is 25.9 Å². The Hall–Kier alpha value is -4.40. The predicted octanol–water partition coefficient (Wildman–Crippen LogP) is 3.16. The van der Waals surface area contributed by atoms with Gasteiger partial charge in [0.1, 0.15) is 0 Å². The van der Waals surface area contributed by atoms with Crippen molar-refractivity contribution >= 4 is 76.0 Å². The first-order chi connectivity index (χ1) is 20.9. The number of rotatable bonds is 9. The van der Waals surface area contributed by atoms with E-state index in [1.54, 1.807) is 6.07 Å². The van der Waals surface area contributed by atoms with Crippen LogP contribution in [0.15, 0.2) is 47.9 Å². The molecular weight excluding hydrogens is 634 g/mol. The van der Waals surface area contributed by atoms with E-state index >= 15 is 0 Å². The lowest BCUT2D eigenvalue weighted by Crippen LogP contribution is -2.37. The highest BCUT2D eigenvalue weighted by molar-refractivity contribution is 9.10. The number of non-ortho nitro benzene ring substituents is 1. The van der Waals surface area contributed by atoms with E-state index in [1.165, 1.54) is 27.3 Å². The molecule has 2 N–H and O–H groups in total. The molecule has 0 bridgehead atoms. The normalized spacial score (nSPS) is 12.3. The summed E-state index contributed by atoms with van der Waals surface area (Å²) in [5.74, 6) is 0. The van der Waals surface area contributed by atoms with Crippen LogP contribution in [-0.2, 0) is 13.1 Å². The van der Waals surface area contributed by atoms with Crippen LogP contribution in [0.5, 0.6) is 0 Å². The second-order valence-electron chi connectivity index (χ2n) is 11.6. The highest BCUT2D eigenvalue weighted by Crippen LogP contribution is 2.38. The molecule has 0 radical (unpaired) electrons. The van der Waals surface area contributed by atoms with E-state index in [4.69, 9.17) is 0 Å². The van der Waals surface area contributed by atoms with Crippen molar-refractivity contribution in [2.45, 2.75) is 25.9 Å². The molecule has 3 aromatic carbocycles. The standard InChI is InChI=1S/C30H30BrN7O6/c1-34(2)9-5-11-36-27(39)16-14-17(31)21-22-20(16)23(29(36)41)25-26(32-18-8-7-15(38(43)44)13-19(18)33-25)24(22)30(42)37(28(21)40)12-6-10-35(3)4/h7-8,13-14,32-33H,5-6,9-12H2,1-4H3. The molecule has 0 spiro atoms. The molecule has 3 aromatic heterocycles. The number of H-pyrrole nitrogens is 2. The minimum Gasteiger partial charge on any atom is -0.351 e. The average molecular weight is 665 g/mol. The molecule has 228 valence electrons. The third kappa shape index (κ3) is 4.60. The van der Waals surface area contributed by atoms with Crippen LogP contribution in [0.3, 0.4) is 0 Å². The zero-order valence-corrected chi connectivity index (χ0v) is 26.2. The van der Waals surface area contributed by atoms with Crippen molar-refractivity contribution < 1.29 is 4.92 Å². The van der Waals surface area contributed by atoms with E-state index in [9.17, 15) is 29.3 Å². The van der Waals surface area contributed by atoms with Crippen molar-refractivity contribution in [2.24, 2.45) is 0 Å². The fourth-order valence-electron chi connectivity index (χ4n) is 6.07. The number of nitrogens with one attached hydrogen (secondary N) is 2. The topological polar surface area (TPSA) is 159 Å². The average Bonchev–Trinajstić information content (AvgIpc) is 2.96. The first-order valence-electron chi connectivity index (χ1n) is 14.1. The van der Waals surface area contributed by atoms with E-state index in [0.717, 1.165) is 0 Å². The molecule has 3 heterocycles. The lowest BCUT2D eigenvalue weighted by atomic mass is 9.94. The molecular formula is C30H30BrN7O6. The zero-order chi connectivity index (χ0) is 31.6. The molecule has 13 nitrogen and oxygen atoms in total. The largest absolute Gasteiger partial charge is 0.351 e. The number of halogens is 1. The Labute approximate surface area is 256 Å². The molecule has 44 heavy (non-hydrogen) atoms. The molecule has 0 aliphatic carbocycles. The molecule has 0 aliphatic rings. The number of pyridine rings is 2. The van der Waals surface area contributed by atoms with Crippen LogP contribution in [0, 0.1) is 10.1 Å². The van der Waals surface area contributed by atoms with Crippen molar-refractivity contribution in [1.82, 2.24) is 28.9 Å². The van der Waals surface area contributed by atoms with Gasteiger partial charge in [-0.15, -0.1) is 0 Å². The first kappa shape index (κ1) is 29.7. The number of hydrogen-bond acceptors (Lipinski definition) is 8. The van der Waals surface area contributed by atoms with Crippen LogP contribution in [0.2, 0.25) is 0 Å². The minimum atomic E-state index is -0.575. The third-order valence-electron chi connectivity index (χ3n) is 8.09. The van der Waals surface area contributed by atoms with Gasteiger partial charge >= 0.3 is 0 Å². The minimum absolute atomic E-state index is 0.123. The molecule has 6 aromatic rings. The van der Waals surface area contributed by atoms with Crippen LogP contribution in [0.4, 0.5) is 5.69 Å². The zero-order valence-electron chi connectivity index (χ0n) is 24.6. The summed E-state index contributed by atoms with van der Waals surface area (Å²) in [4.78, 5) is 77.6. The van der Waals surface area contributed by atoms with Gasteiger partial charge in [-0.1, -0.05) is 0 Å². The van der Waals surface area contributed by atoms with E-state index in [1.807, 2.05) is 38.0 Å². The van der Waals surface area contributed by atoms with Gasteiger partial charge in [0.15, 0.2) is 0 Å². The third-order valence-corrected chi connectivity index (χ3v) is 8.71. The Kier molecular flexibility index (Phi) is 7.38. The van der Waals surface area contributed by atoms with Gasteiger partial charge in [0.2, 0.25) is 0 Å². The number of fused-ring (bicyclic) bond motifs is 4. The van der Waals surface area contributed by atoms with Crippen LogP contribution in [0.1, 0.15) is 12.8 Å². The van der Waals surface area contributed by atoms with Gasteiger partial charge < -0.3 is 19.8 Å². The Bertz CT molecular complexity index is 2390. The van der Waals surface area contributed by atoms with Gasteiger partial charge in [-0.05, 0) is 82.2 Å². The quantitative estimate of drug-likeness (QED) is 0.103. The highest BCUT2D eigenvalue weighted by Gasteiger charge is 2.27. The van der Waals surface area contributed by atoms with E-state index in [-0.39, 0.29) is 62.1 Å². The number of nitrogens with zero attached hydrogens (tertiary/aromatic N) is 5. The highest BCUT2D eigenvalue weighted by atomic mass is 79.9. The lowest BCUT2D eigenvalue weighted by molar-refractivity contribution is -0.384. The fourth-order valence-corrected chi connectivity index (χ4v) is 6.67. The summed E-state index contributed by atoms with van der Waals surface area (Å²) in [7, 11) is 7.60. The van der Waals surface area contributed by atoms with Crippen molar-refractivity contribution in [3.05, 3.63) is 80.3 Å². The fraction of sp³-hybridized carbons (Fsp3) is 0.333. The first-order valence-corrected chi connectivity index (χ1v) is 14.9. The van der Waals surface area contributed by atoms with E-state index < -0.39 is 27.2 Å². The van der Waals surface area contributed by atoms with Crippen molar-refractivity contribution in [2.75, 3.05) is 41.3 Å². The SMILES string of the molecule is CN(C)CCCn1c(=O)c2cc(Br)c3c(=O)n(CCCN(C)C)c(=O)c4c5[nH]c6ccc([N+](=O)[O-])cc6[nH]c5c(c1=O)c2c34. The number of aromatic nitrogens is 4. The number of aromatic amines is 2. The van der Waals surface area contributed by atoms with Gasteiger partial charge in [0.25, 0.3) is 27.9 Å². The summed E-state index contributed by atoms with van der Waals surface area (Å²) >= 11 is 3.51. The van der Waals surface area contributed by atoms with Gasteiger partial charge in [-0.3, -0.25) is 38.4 Å². The number of nitro benzene ring substituents is 1. The lowest BCUT2D eigenvalue weighted by Gasteiger charge is -2.19. The maximum atomic E-state index is 14.2. The molecule has 0 fully saturated rings.